The van der Waals surface area contributed by atoms with Crippen molar-refractivity contribution in [1.82, 2.24) is 9.88 Å². The van der Waals surface area contributed by atoms with Gasteiger partial charge >= 0.3 is 0 Å². The van der Waals surface area contributed by atoms with Gasteiger partial charge in [-0.05, 0) is 55.1 Å². The van der Waals surface area contributed by atoms with E-state index in [-0.39, 0.29) is 12.0 Å². The number of piperidine rings is 1. The molecule has 1 N–H and O–H groups in total. The standard InChI is InChI=1S/C20H26N2O2/c1-24-19-7-2-5-17(11-19)12-20(16-23)8-4-10-22(15-20)14-18-6-3-9-21-13-18/h2-3,5-7,9,11,13,23H,4,8,10,12,14-16H2,1H3/t20-/m1/s1. The number of aromatic nitrogens is 1. The Labute approximate surface area is 144 Å². The zero-order valence-electron chi connectivity index (χ0n) is 14.3. The molecule has 1 aromatic carbocycles. The molecule has 3 rings (SSSR count). The van der Waals surface area contributed by atoms with Crippen LogP contribution in [0.1, 0.15) is 24.0 Å². The third-order valence-electron chi connectivity index (χ3n) is 4.92. The summed E-state index contributed by atoms with van der Waals surface area (Å²) in [6.45, 7) is 3.10. The molecule has 1 atom stereocenters. The first-order valence-electron chi connectivity index (χ1n) is 8.58. The van der Waals surface area contributed by atoms with E-state index in [9.17, 15) is 5.11 Å². The van der Waals surface area contributed by atoms with Crippen LogP contribution in [0.15, 0.2) is 48.8 Å². The molecule has 1 aliphatic rings. The largest absolute Gasteiger partial charge is 0.497 e. The summed E-state index contributed by atoms with van der Waals surface area (Å²) in [6.07, 6.45) is 6.79. The molecule has 1 saturated heterocycles. The van der Waals surface area contributed by atoms with Crippen molar-refractivity contribution in [3.8, 4) is 5.75 Å². The minimum absolute atomic E-state index is 0.0766. The molecular weight excluding hydrogens is 300 g/mol. The summed E-state index contributed by atoms with van der Waals surface area (Å²) in [5, 5.41) is 10.1. The second-order valence-electron chi connectivity index (χ2n) is 6.86. The highest BCUT2D eigenvalue weighted by atomic mass is 16.5. The fourth-order valence-corrected chi connectivity index (χ4v) is 3.74. The summed E-state index contributed by atoms with van der Waals surface area (Å²) in [7, 11) is 1.69. The van der Waals surface area contributed by atoms with Gasteiger partial charge in [-0.2, -0.15) is 0 Å². The van der Waals surface area contributed by atoms with Crippen LogP contribution in [0, 0.1) is 5.41 Å². The van der Waals surface area contributed by atoms with E-state index < -0.39 is 0 Å². The lowest BCUT2D eigenvalue weighted by Gasteiger charge is -2.42. The van der Waals surface area contributed by atoms with Crippen LogP contribution in [-0.4, -0.2) is 41.8 Å². The lowest BCUT2D eigenvalue weighted by Crippen LogP contribution is -2.46. The maximum Gasteiger partial charge on any atom is 0.119 e. The Bertz CT molecular complexity index is 647. The summed E-state index contributed by atoms with van der Waals surface area (Å²) < 4.78 is 5.33. The van der Waals surface area contributed by atoms with Crippen LogP contribution in [0.2, 0.25) is 0 Å². The number of nitrogens with zero attached hydrogens (tertiary/aromatic N) is 2. The minimum Gasteiger partial charge on any atom is -0.497 e. The maximum absolute atomic E-state index is 10.1. The number of rotatable bonds is 6. The highest BCUT2D eigenvalue weighted by molar-refractivity contribution is 5.29. The van der Waals surface area contributed by atoms with Crippen molar-refractivity contribution >= 4 is 0 Å². The maximum atomic E-state index is 10.1. The van der Waals surface area contributed by atoms with Gasteiger partial charge in [0.25, 0.3) is 0 Å². The smallest absolute Gasteiger partial charge is 0.119 e. The molecule has 0 unspecified atom stereocenters. The number of hydrogen-bond donors (Lipinski definition) is 1. The summed E-state index contributed by atoms with van der Waals surface area (Å²) in [4.78, 5) is 6.64. The molecule has 0 bridgehead atoms. The number of pyridine rings is 1. The van der Waals surface area contributed by atoms with Crippen LogP contribution in [0.25, 0.3) is 0 Å². The molecule has 1 aromatic heterocycles. The number of benzene rings is 1. The summed E-state index contributed by atoms with van der Waals surface area (Å²) in [6, 6.07) is 12.3. The molecule has 2 aromatic rings. The van der Waals surface area contributed by atoms with Crippen LogP contribution in [0.5, 0.6) is 5.75 Å². The molecule has 1 fully saturated rings. The number of hydrogen-bond acceptors (Lipinski definition) is 4. The molecule has 2 heterocycles. The van der Waals surface area contributed by atoms with Gasteiger partial charge in [-0.3, -0.25) is 9.88 Å². The van der Waals surface area contributed by atoms with Gasteiger partial charge in [-0.25, -0.2) is 0 Å². The van der Waals surface area contributed by atoms with E-state index in [0.29, 0.717) is 0 Å². The number of ether oxygens (including phenoxy) is 1. The van der Waals surface area contributed by atoms with E-state index in [4.69, 9.17) is 4.74 Å². The van der Waals surface area contributed by atoms with Gasteiger partial charge in [-0.1, -0.05) is 18.2 Å². The van der Waals surface area contributed by atoms with Crippen molar-refractivity contribution in [1.29, 1.82) is 0 Å². The Morgan fingerprint density at radius 3 is 2.88 bits per heavy atom. The quantitative estimate of drug-likeness (QED) is 0.886. The zero-order chi connectivity index (χ0) is 16.8. The van der Waals surface area contributed by atoms with Crippen molar-refractivity contribution in [2.24, 2.45) is 5.41 Å². The van der Waals surface area contributed by atoms with Gasteiger partial charge < -0.3 is 9.84 Å². The van der Waals surface area contributed by atoms with E-state index in [0.717, 1.165) is 44.6 Å². The predicted octanol–water partition coefficient (Wildman–Crippen LogP) is 2.91. The monoisotopic (exact) mass is 326 g/mol. The highest BCUT2D eigenvalue weighted by Crippen LogP contribution is 2.34. The van der Waals surface area contributed by atoms with Gasteiger partial charge in [0, 0.05) is 30.9 Å². The first kappa shape index (κ1) is 16.9. The Kier molecular flexibility index (Phi) is 5.48. The molecule has 0 amide bonds. The predicted molar refractivity (Wildman–Crippen MR) is 95.0 cm³/mol. The van der Waals surface area contributed by atoms with Crippen LogP contribution >= 0.6 is 0 Å². The first-order chi connectivity index (χ1) is 11.7. The SMILES string of the molecule is COc1cccc(C[C@]2(CO)CCCN(Cc3cccnc3)C2)c1. The fraction of sp³-hybridized carbons (Fsp3) is 0.450. The fourth-order valence-electron chi connectivity index (χ4n) is 3.74. The third kappa shape index (κ3) is 4.13. The molecule has 0 saturated carbocycles. The third-order valence-corrected chi connectivity index (χ3v) is 4.92. The second-order valence-corrected chi connectivity index (χ2v) is 6.86. The first-order valence-corrected chi connectivity index (χ1v) is 8.58. The average molecular weight is 326 g/mol. The minimum atomic E-state index is -0.0766. The highest BCUT2D eigenvalue weighted by Gasteiger charge is 2.35. The van der Waals surface area contributed by atoms with Crippen molar-refractivity contribution in [2.45, 2.75) is 25.8 Å². The normalized spacial score (nSPS) is 21.6. The van der Waals surface area contributed by atoms with Crippen LogP contribution in [0.3, 0.4) is 0 Å². The second kappa shape index (κ2) is 7.77. The van der Waals surface area contributed by atoms with E-state index in [1.807, 2.05) is 24.4 Å². The topological polar surface area (TPSA) is 45.6 Å². The molecule has 0 spiro atoms. The van der Waals surface area contributed by atoms with Gasteiger partial charge in [0.2, 0.25) is 0 Å². The molecule has 0 radical (unpaired) electrons. The molecule has 4 nitrogen and oxygen atoms in total. The van der Waals surface area contributed by atoms with Crippen molar-refractivity contribution < 1.29 is 9.84 Å². The van der Waals surface area contributed by atoms with E-state index in [1.165, 1.54) is 11.1 Å². The van der Waals surface area contributed by atoms with Gasteiger partial charge in [0.05, 0.1) is 13.7 Å². The molecule has 128 valence electrons. The Morgan fingerprint density at radius 1 is 1.25 bits per heavy atom. The molecule has 24 heavy (non-hydrogen) atoms. The Balaban J connectivity index is 1.71. The zero-order valence-corrected chi connectivity index (χ0v) is 14.3. The number of aliphatic hydroxyl groups is 1. The number of methoxy groups -OCH3 is 1. The van der Waals surface area contributed by atoms with Gasteiger partial charge in [-0.15, -0.1) is 0 Å². The van der Waals surface area contributed by atoms with Crippen molar-refractivity contribution in [3.05, 3.63) is 59.9 Å². The lowest BCUT2D eigenvalue weighted by atomic mass is 9.75. The summed E-state index contributed by atoms with van der Waals surface area (Å²) >= 11 is 0. The average Bonchev–Trinajstić information content (AvgIpc) is 2.63. The summed E-state index contributed by atoms with van der Waals surface area (Å²) in [5.74, 6) is 0.878. The Morgan fingerprint density at radius 2 is 2.12 bits per heavy atom. The number of aliphatic hydroxyl groups excluding tert-OH is 1. The van der Waals surface area contributed by atoms with E-state index in [1.54, 1.807) is 13.3 Å². The number of likely N-dealkylation sites (tertiary alicyclic amines) is 1. The molecule has 4 heteroatoms. The van der Waals surface area contributed by atoms with Crippen molar-refractivity contribution in [2.75, 3.05) is 26.8 Å². The van der Waals surface area contributed by atoms with Crippen LogP contribution in [0.4, 0.5) is 0 Å². The summed E-state index contributed by atoms with van der Waals surface area (Å²) in [5.41, 5.74) is 2.38. The molecular formula is C20H26N2O2. The molecule has 0 aliphatic carbocycles. The van der Waals surface area contributed by atoms with Gasteiger partial charge in [0.15, 0.2) is 0 Å². The van der Waals surface area contributed by atoms with Crippen LogP contribution < -0.4 is 4.74 Å². The van der Waals surface area contributed by atoms with E-state index in [2.05, 4.69) is 28.1 Å². The Hall–Kier alpha value is -1.91. The van der Waals surface area contributed by atoms with Crippen LogP contribution in [-0.2, 0) is 13.0 Å². The molecule has 1 aliphatic heterocycles. The van der Waals surface area contributed by atoms with E-state index >= 15 is 0 Å². The van der Waals surface area contributed by atoms with Gasteiger partial charge in [0.1, 0.15) is 5.75 Å². The van der Waals surface area contributed by atoms with Crippen molar-refractivity contribution in [3.63, 3.8) is 0 Å². The lowest BCUT2D eigenvalue weighted by molar-refractivity contribution is 0.0288.